The topological polar surface area (TPSA) is 76.3 Å². The Morgan fingerprint density at radius 3 is 2.33 bits per heavy atom. The highest BCUT2D eigenvalue weighted by molar-refractivity contribution is 6.31. The summed E-state index contributed by atoms with van der Waals surface area (Å²) < 4.78 is 41.8. The molecule has 0 spiro atoms. The van der Waals surface area contributed by atoms with Gasteiger partial charge in [0.15, 0.2) is 0 Å². The summed E-state index contributed by atoms with van der Waals surface area (Å²) in [6.07, 6.45) is -3.25. The molecule has 1 aromatic heterocycles. The third kappa shape index (κ3) is 3.06. The van der Waals surface area contributed by atoms with Crippen LogP contribution in [-0.2, 0) is 29.9 Å². The molecule has 1 saturated heterocycles. The first kappa shape index (κ1) is 19.5. The molecule has 0 radical (unpaired) electrons. The third-order valence-corrected chi connectivity index (χ3v) is 4.93. The molecule has 1 N–H and O–H groups in total. The third-order valence-electron chi connectivity index (χ3n) is 4.93. The molecular weight excluding hydrogens is 401 g/mol. The van der Waals surface area contributed by atoms with Crippen molar-refractivity contribution < 1.29 is 22.8 Å². The van der Waals surface area contributed by atoms with Crippen LogP contribution in [0.1, 0.15) is 11.1 Å². The van der Waals surface area contributed by atoms with Crippen LogP contribution in [0.3, 0.4) is 0 Å². The minimum absolute atomic E-state index is 0.104. The molecule has 0 atom stereocenters. The SMILES string of the molecule is Cn1c(=O)n(C)c2cc(C=C3C(=O)NN(c4cccc(C(F)(F)F)c4)C3=O)ccc21. The normalized spacial score (nSPS) is 16.0. The van der Waals surface area contributed by atoms with Gasteiger partial charge in [0.2, 0.25) is 0 Å². The van der Waals surface area contributed by atoms with Crippen molar-refractivity contribution >= 4 is 34.6 Å². The second-order valence-corrected chi connectivity index (χ2v) is 6.84. The first-order valence-electron chi connectivity index (χ1n) is 8.78. The Balaban J connectivity index is 1.71. The quantitative estimate of drug-likeness (QED) is 0.515. The summed E-state index contributed by atoms with van der Waals surface area (Å²) in [5, 5.41) is 0.778. The summed E-state index contributed by atoms with van der Waals surface area (Å²) in [4.78, 5) is 37.1. The molecule has 2 aromatic carbocycles. The zero-order chi connectivity index (χ0) is 21.8. The number of carbonyl (C=O) groups is 2. The summed E-state index contributed by atoms with van der Waals surface area (Å²) in [7, 11) is 3.23. The minimum atomic E-state index is -4.58. The largest absolute Gasteiger partial charge is 0.416 e. The highest BCUT2D eigenvalue weighted by atomic mass is 19.4. The highest BCUT2D eigenvalue weighted by Crippen LogP contribution is 2.32. The zero-order valence-electron chi connectivity index (χ0n) is 15.8. The summed E-state index contributed by atoms with van der Waals surface area (Å²) in [6, 6.07) is 9.09. The molecule has 10 heteroatoms. The van der Waals surface area contributed by atoms with Gasteiger partial charge in [0, 0.05) is 14.1 Å². The van der Waals surface area contributed by atoms with Gasteiger partial charge in [-0.05, 0) is 42.0 Å². The van der Waals surface area contributed by atoms with Crippen LogP contribution in [0.15, 0.2) is 52.8 Å². The van der Waals surface area contributed by atoms with Crippen molar-refractivity contribution in [3.63, 3.8) is 0 Å². The van der Waals surface area contributed by atoms with Crippen LogP contribution in [0.4, 0.5) is 18.9 Å². The van der Waals surface area contributed by atoms with Crippen molar-refractivity contribution in [2.24, 2.45) is 14.1 Å². The van der Waals surface area contributed by atoms with Crippen LogP contribution in [-0.4, -0.2) is 20.9 Å². The molecule has 0 unspecified atom stereocenters. The number of rotatable bonds is 2. The Labute approximate surface area is 167 Å². The predicted octanol–water partition coefficient (Wildman–Crippen LogP) is 2.36. The molecule has 1 aliphatic heterocycles. The lowest BCUT2D eigenvalue weighted by atomic mass is 10.1. The number of imidazole rings is 1. The number of nitrogens with one attached hydrogen (secondary N) is 1. The molecule has 7 nitrogen and oxygen atoms in total. The predicted molar refractivity (Wildman–Crippen MR) is 103 cm³/mol. The van der Waals surface area contributed by atoms with Crippen LogP contribution < -0.4 is 16.1 Å². The molecule has 0 bridgehead atoms. The first-order valence-corrected chi connectivity index (χ1v) is 8.78. The van der Waals surface area contributed by atoms with Gasteiger partial charge < -0.3 is 0 Å². The Morgan fingerprint density at radius 1 is 0.933 bits per heavy atom. The highest BCUT2D eigenvalue weighted by Gasteiger charge is 2.36. The van der Waals surface area contributed by atoms with Gasteiger partial charge in [-0.2, -0.15) is 13.2 Å². The van der Waals surface area contributed by atoms with Crippen LogP contribution in [0.25, 0.3) is 17.1 Å². The molecule has 3 aromatic rings. The van der Waals surface area contributed by atoms with E-state index in [0.717, 1.165) is 23.2 Å². The lowest BCUT2D eigenvalue weighted by Gasteiger charge is -2.16. The number of aromatic nitrogens is 2. The standard InChI is InChI=1S/C20H15F3N4O3/c1-25-15-7-6-11(9-16(15)26(2)19(25)30)8-14-17(28)24-27(18(14)29)13-5-3-4-12(10-13)20(21,22)23/h3-10H,1-2H3,(H,24,28). The Kier molecular flexibility index (Phi) is 4.30. The lowest BCUT2D eigenvalue weighted by molar-refractivity contribution is -0.137. The number of aryl methyl sites for hydroxylation is 2. The number of amides is 2. The molecule has 4 rings (SSSR count). The van der Waals surface area contributed by atoms with Crippen molar-refractivity contribution in [1.82, 2.24) is 14.6 Å². The number of hydrogen-bond acceptors (Lipinski definition) is 3. The van der Waals surface area contributed by atoms with Gasteiger partial charge in [0.05, 0.1) is 22.3 Å². The molecule has 2 heterocycles. The molecule has 1 aliphatic rings. The molecule has 1 fully saturated rings. The van der Waals surface area contributed by atoms with E-state index in [1.165, 1.54) is 21.3 Å². The molecular formula is C20H15F3N4O3. The van der Waals surface area contributed by atoms with E-state index in [1.54, 1.807) is 32.3 Å². The van der Waals surface area contributed by atoms with Gasteiger partial charge in [0.25, 0.3) is 11.8 Å². The van der Waals surface area contributed by atoms with E-state index in [1.807, 2.05) is 0 Å². The maximum absolute atomic E-state index is 13.0. The van der Waals surface area contributed by atoms with Gasteiger partial charge in [0.1, 0.15) is 5.57 Å². The van der Waals surface area contributed by atoms with E-state index in [9.17, 15) is 27.6 Å². The Hall–Kier alpha value is -3.82. The monoisotopic (exact) mass is 416 g/mol. The van der Waals surface area contributed by atoms with Crippen molar-refractivity contribution in [3.05, 3.63) is 69.6 Å². The van der Waals surface area contributed by atoms with Crippen molar-refractivity contribution in [2.75, 3.05) is 5.01 Å². The number of anilines is 1. The number of fused-ring (bicyclic) bond motifs is 1. The molecule has 0 aliphatic carbocycles. The van der Waals surface area contributed by atoms with E-state index >= 15 is 0 Å². The number of hydrogen-bond donors (Lipinski definition) is 1. The number of alkyl halides is 3. The lowest BCUT2D eigenvalue weighted by Crippen LogP contribution is -2.35. The Bertz CT molecular complexity index is 1300. The Morgan fingerprint density at radius 2 is 1.63 bits per heavy atom. The molecule has 154 valence electrons. The van der Waals surface area contributed by atoms with Gasteiger partial charge >= 0.3 is 11.9 Å². The number of hydrazine groups is 1. The fourth-order valence-corrected chi connectivity index (χ4v) is 3.34. The number of carbonyl (C=O) groups excluding carboxylic acids is 2. The van der Waals surface area contributed by atoms with E-state index in [-0.39, 0.29) is 17.0 Å². The second kappa shape index (κ2) is 6.61. The van der Waals surface area contributed by atoms with E-state index in [2.05, 4.69) is 5.43 Å². The van der Waals surface area contributed by atoms with Crippen molar-refractivity contribution in [3.8, 4) is 0 Å². The van der Waals surface area contributed by atoms with Crippen LogP contribution in [0, 0.1) is 0 Å². The van der Waals surface area contributed by atoms with Gasteiger partial charge in [-0.25, -0.2) is 9.80 Å². The van der Waals surface area contributed by atoms with Gasteiger partial charge in [-0.1, -0.05) is 12.1 Å². The maximum Gasteiger partial charge on any atom is 0.416 e. The van der Waals surface area contributed by atoms with E-state index in [0.29, 0.717) is 16.6 Å². The molecule has 30 heavy (non-hydrogen) atoms. The van der Waals surface area contributed by atoms with Crippen LogP contribution in [0.5, 0.6) is 0 Å². The fourth-order valence-electron chi connectivity index (χ4n) is 3.34. The number of halogens is 3. The number of benzene rings is 2. The minimum Gasteiger partial charge on any atom is -0.295 e. The van der Waals surface area contributed by atoms with Gasteiger partial charge in [-0.15, -0.1) is 0 Å². The summed E-state index contributed by atoms with van der Waals surface area (Å²) in [6.45, 7) is 0. The molecule has 0 saturated carbocycles. The average Bonchev–Trinajstić information content (AvgIpc) is 3.10. The number of nitrogens with zero attached hydrogens (tertiary/aromatic N) is 3. The fraction of sp³-hybridized carbons (Fsp3) is 0.150. The summed E-state index contributed by atoms with van der Waals surface area (Å²) in [5.41, 5.74) is 2.57. The van der Waals surface area contributed by atoms with E-state index in [4.69, 9.17) is 0 Å². The van der Waals surface area contributed by atoms with E-state index < -0.39 is 23.6 Å². The average molecular weight is 416 g/mol. The van der Waals surface area contributed by atoms with Crippen LogP contribution >= 0.6 is 0 Å². The first-order chi connectivity index (χ1) is 14.1. The van der Waals surface area contributed by atoms with Crippen LogP contribution in [0.2, 0.25) is 0 Å². The zero-order valence-corrected chi connectivity index (χ0v) is 15.8. The second-order valence-electron chi connectivity index (χ2n) is 6.84. The van der Waals surface area contributed by atoms with Crippen molar-refractivity contribution in [1.29, 1.82) is 0 Å². The van der Waals surface area contributed by atoms with Crippen molar-refractivity contribution in [2.45, 2.75) is 6.18 Å². The summed E-state index contributed by atoms with van der Waals surface area (Å²) >= 11 is 0. The maximum atomic E-state index is 13.0. The van der Waals surface area contributed by atoms with Gasteiger partial charge in [-0.3, -0.25) is 24.1 Å². The molecule has 2 amide bonds. The summed E-state index contributed by atoms with van der Waals surface area (Å²) in [5.74, 6) is -1.51. The smallest absolute Gasteiger partial charge is 0.295 e.